The minimum atomic E-state index is -0.279. The molecule has 2 aromatic rings. The minimum absolute atomic E-state index is 0.279. The number of halogens is 1. The normalized spacial score (nSPS) is 10.2. The van der Waals surface area contributed by atoms with E-state index in [2.05, 4.69) is 26.6 Å². The van der Waals surface area contributed by atoms with Crippen molar-refractivity contribution in [1.29, 1.82) is 0 Å². The molecule has 2 N–H and O–H groups in total. The first-order chi connectivity index (χ1) is 11.5. The third-order valence-corrected chi connectivity index (χ3v) is 3.99. The van der Waals surface area contributed by atoms with Crippen LogP contribution in [0.4, 0.5) is 10.5 Å². The molecule has 2 rings (SSSR count). The fourth-order valence-corrected chi connectivity index (χ4v) is 2.70. The summed E-state index contributed by atoms with van der Waals surface area (Å²) >= 11 is 3.43. The zero-order valence-electron chi connectivity index (χ0n) is 14.0. The molecule has 0 saturated heterocycles. The number of hydrogen-bond acceptors (Lipinski definition) is 3. The van der Waals surface area contributed by atoms with Crippen LogP contribution in [-0.2, 0) is 0 Å². The average molecular weight is 393 g/mol. The van der Waals surface area contributed by atoms with E-state index in [1.807, 2.05) is 50.2 Å². The predicted molar refractivity (Wildman–Crippen MR) is 99.1 cm³/mol. The van der Waals surface area contributed by atoms with E-state index in [1.54, 1.807) is 7.11 Å². The van der Waals surface area contributed by atoms with E-state index in [-0.39, 0.29) is 6.03 Å². The van der Waals surface area contributed by atoms with Crippen molar-refractivity contribution in [3.05, 3.63) is 52.0 Å². The molecule has 0 heterocycles. The summed E-state index contributed by atoms with van der Waals surface area (Å²) in [5.74, 6) is 1.34. The fraction of sp³-hybridized carbons (Fsp3) is 0.278. The first kappa shape index (κ1) is 18.1. The standard InChI is InChI=1S/C18H21BrN2O3/c1-12-4-6-15(14(19)10-12)21-18(22)20-8-9-24-16-7-5-13(2)11-17(16)23-3/h4-7,10-11H,8-9H2,1-3H3,(H2,20,21,22). The summed E-state index contributed by atoms with van der Waals surface area (Å²) in [7, 11) is 1.60. The number of ether oxygens (including phenoxy) is 2. The molecule has 2 aromatic carbocycles. The van der Waals surface area contributed by atoms with Gasteiger partial charge in [-0.05, 0) is 65.2 Å². The summed E-state index contributed by atoms with van der Waals surface area (Å²) in [5.41, 5.74) is 2.94. The van der Waals surface area contributed by atoms with Gasteiger partial charge in [0, 0.05) is 4.47 Å². The summed E-state index contributed by atoms with van der Waals surface area (Å²) in [4.78, 5) is 11.9. The van der Waals surface area contributed by atoms with E-state index in [0.717, 1.165) is 21.3 Å². The van der Waals surface area contributed by atoms with Crippen molar-refractivity contribution in [1.82, 2.24) is 5.32 Å². The molecule has 0 fully saturated rings. The Hall–Kier alpha value is -2.21. The van der Waals surface area contributed by atoms with E-state index >= 15 is 0 Å². The smallest absolute Gasteiger partial charge is 0.319 e. The molecular formula is C18H21BrN2O3. The third-order valence-electron chi connectivity index (χ3n) is 3.34. The van der Waals surface area contributed by atoms with Crippen LogP contribution in [0.25, 0.3) is 0 Å². The number of carbonyl (C=O) groups is 1. The lowest BCUT2D eigenvalue weighted by atomic mass is 10.2. The van der Waals surface area contributed by atoms with Gasteiger partial charge in [-0.2, -0.15) is 0 Å². The van der Waals surface area contributed by atoms with E-state index in [0.29, 0.717) is 24.7 Å². The fourth-order valence-electron chi connectivity index (χ4n) is 2.11. The summed E-state index contributed by atoms with van der Waals surface area (Å²) in [6.07, 6.45) is 0. The van der Waals surface area contributed by atoms with Gasteiger partial charge in [0.2, 0.25) is 0 Å². The van der Waals surface area contributed by atoms with Gasteiger partial charge in [-0.1, -0.05) is 12.1 Å². The molecule has 6 heteroatoms. The maximum absolute atomic E-state index is 11.9. The van der Waals surface area contributed by atoms with Gasteiger partial charge in [0.1, 0.15) is 6.61 Å². The van der Waals surface area contributed by atoms with Crippen molar-refractivity contribution in [2.75, 3.05) is 25.6 Å². The van der Waals surface area contributed by atoms with Gasteiger partial charge in [0.15, 0.2) is 11.5 Å². The van der Waals surface area contributed by atoms with E-state index in [9.17, 15) is 4.79 Å². The second-order valence-electron chi connectivity index (χ2n) is 5.37. The van der Waals surface area contributed by atoms with Crippen LogP contribution in [0.1, 0.15) is 11.1 Å². The van der Waals surface area contributed by atoms with Crippen LogP contribution < -0.4 is 20.1 Å². The van der Waals surface area contributed by atoms with Gasteiger partial charge >= 0.3 is 6.03 Å². The van der Waals surface area contributed by atoms with Gasteiger partial charge in [-0.25, -0.2) is 4.79 Å². The molecule has 0 unspecified atom stereocenters. The SMILES string of the molecule is COc1cc(C)ccc1OCCNC(=O)Nc1ccc(C)cc1Br. The molecule has 0 aliphatic heterocycles. The van der Waals surface area contributed by atoms with Crippen LogP contribution >= 0.6 is 15.9 Å². The van der Waals surface area contributed by atoms with Gasteiger partial charge in [0.05, 0.1) is 19.3 Å². The number of anilines is 1. The zero-order valence-corrected chi connectivity index (χ0v) is 15.6. The number of hydrogen-bond donors (Lipinski definition) is 2. The monoisotopic (exact) mass is 392 g/mol. The molecule has 0 aliphatic rings. The Morgan fingerprint density at radius 3 is 2.50 bits per heavy atom. The number of benzene rings is 2. The lowest BCUT2D eigenvalue weighted by Gasteiger charge is -2.12. The highest BCUT2D eigenvalue weighted by atomic mass is 79.9. The average Bonchev–Trinajstić information content (AvgIpc) is 2.55. The van der Waals surface area contributed by atoms with Crippen LogP contribution in [0.3, 0.4) is 0 Å². The van der Waals surface area contributed by atoms with Crippen LogP contribution in [0.15, 0.2) is 40.9 Å². The lowest BCUT2D eigenvalue weighted by molar-refractivity contribution is 0.246. The molecule has 2 amide bonds. The Labute approximate surface area is 150 Å². The molecular weight excluding hydrogens is 372 g/mol. The molecule has 0 aliphatic carbocycles. The second-order valence-corrected chi connectivity index (χ2v) is 6.22. The highest BCUT2D eigenvalue weighted by Crippen LogP contribution is 2.27. The van der Waals surface area contributed by atoms with Gasteiger partial charge < -0.3 is 20.1 Å². The van der Waals surface area contributed by atoms with E-state index < -0.39 is 0 Å². The van der Waals surface area contributed by atoms with Crippen LogP contribution in [0.2, 0.25) is 0 Å². The largest absolute Gasteiger partial charge is 0.493 e. The third kappa shape index (κ3) is 5.16. The van der Waals surface area contributed by atoms with Gasteiger partial charge in [-0.15, -0.1) is 0 Å². The molecule has 128 valence electrons. The van der Waals surface area contributed by atoms with Crippen molar-refractivity contribution < 1.29 is 14.3 Å². The number of urea groups is 1. The first-order valence-electron chi connectivity index (χ1n) is 7.58. The number of carbonyl (C=O) groups excluding carboxylic acids is 1. The summed E-state index contributed by atoms with van der Waals surface area (Å²) in [5, 5.41) is 5.54. The zero-order chi connectivity index (χ0) is 17.5. The Morgan fingerprint density at radius 2 is 1.79 bits per heavy atom. The topological polar surface area (TPSA) is 59.6 Å². The maximum Gasteiger partial charge on any atom is 0.319 e. The van der Waals surface area contributed by atoms with Crippen molar-refractivity contribution in [3.63, 3.8) is 0 Å². The number of amides is 2. The minimum Gasteiger partial charge on any atom is -0.493 e. The van der Waals surface area contributed by atoms with Gasteiger partial charge in [-0.3, -0.25) is 0 Å². The molecule has 5 nitrogen and oxygen atoms in total. The summed E-state index contributed by atoms with van der Waals surface area (Å²) in [6, 6.07) is 11.2. The van der Waals surface area contributed by atoms with Crippen molar-refractivity contribution >= 4 is 27.6 Å². The lowest BCUT2D eigenvalue weighted by Crippen LogP contribution is -2.32. The summed E-state index contributed by atoms with van der Waals surface area (Å²) < 4.78 is 11.8. The van der Waals surface area contributed by atoms with Crippen molar-refractivity contribution in [3.8, 4) is 11.5 Å². The van der Waals surface area contributed by atoms with Crippen LogP contribution in [-0.4, -0.2) is 26.3 Å². The molecule has 0 spiro atoms. The first-order valence-corrected chi connectivity index (χ1v) is 8.37. The molecule has 0 bridgehead atoms. The highest BCUT2D eigenvalue weighted by Gasteiger charge is 2.06. The highest BCUT2D eigenvalue weighted by molar-refractivity contribution is 9.10. The Balaban J connectivity index is 1.79. The van der Waals surface area contributed by atoms with E-state index in [4.69, 9.17) is 9.47 Å². The van der Waals surface area contributed by atoms with Crippen LogP contribution in [0, 0.1) is 13.8 Å². The Morgan fingerprint density at radius 1 is 1.08 bits per heavy atom. The molecule has 0 atom stereocenters. The molecule has 0 radical (unpaired) electrons. The number of rotatable bonds is 6. The number of methoxy groups -OCH3 is 1. The van der Waals surface area contributed by atoms with Crippen LogP contribution in [0.5, 0.6) is 11.5 Å². The number of aryl methyl sites for hydroxylation is 2. The molecule has 0 aromatic heterocycles. The predicted octanol–water partition coefficient (Wildman–Crippen LogP) is 4.28. The van der Waals surface area contributed by atoms with E-state index in [1.165, 1.54) is 0 Å². The Kier molecular flexibility index (Phi) is 6.49. The summed E-state index contributed by atoms with van der Waals surface area (Å²) in [6.45, 7) is 4.71. The maximum atomic E-state index is 11.9. The second kappa shape index (κ2) is 8.59. The number of nitrogens with one attached hydrogen (secondary N) is 2. The Bertz CT molecular complexity index is 719. The molecule has 0 saturated carbocycles. The van der Waals surface area contributed by atoms with Gasteiger partial charge in [0.25, 0.3) is 0 Å². The van der Waals surface area contributed by atoms with Crippen molar-refractivity contribution in [2.24, 2.45) is 0 Å². The van der Waals surface area contributed by atoms with Crippen molar-refractivity contribution in [2.45, 2.75) is 13.8 Å². The quantitative estimate of drug-likeness (QED) is 0.721. The molecule has 24 heavy (non-hydrogen) atoms.